The van der Waals surface area contributed by atoms with E-state index in [9.17, 15) is 0 Å². The maximum Gasteiger partial charge on any atom is 0.159 e. The minimum absolute atomic E-state index is 0.704. The van der Waals surface area contributed by atoms with E-state index in [1.54, 1.807) is 0 Å². The Morgan fingerprint density at radius 3 is 2.83 bits per heavy atom. The maximum atomic E-state index is 5.27. The standard InChI is InChI=1S/C21H23N9/c1-13(12-24-22)14-3-4-16-15(11-14)18(28-27-16)20-25-17-5-6-23-21(19(17)26-20)30-9-7-29(2)8-10-30/h3-6,11-12H,1,7-10,22H2,2H3,(H,25,26)(H,27,28)/b24-12-. The first-order chi connectivity index (χ1) is 14.6. The van der Waals surface area contributed by atoms with Crippen LogP contribution in [0.2, 0.25) is 0 Å². The monoisotopic (exact) mass is 401 g/mol. The average Bonchev–Trinajstić information content (AvgIpc) is 3.37. The number of fused-ring (bicyclic) bond motifs is 2. The summed E-state index contributed by atoms with van der Waals surface area (Å²) in [6.07, 6.45) is 3.37. The number of rotatable bonds is 4. The van der Waals surface area contributed by atoms with E-state index in [-0.39, 0.29) is 0 Å². The van der Waals surface area contributed by atoms with Crippen molar-refractivity contribution < 1.29 is 0 Å². The van der Waals surface area contributed by atoms with E-state index in [1.807, 2.05) is 30.5 Å². The quantitative estimate of drug-likeness (QED) is 0.274. The summed E-state index contributed by atoms with van der Waals surface area (Å²) in [5, 5.41) is 12.1. The summed E-state index contributed by atoms with van der Waals surface area (Å²) in [6.45, 7) is 7.90. The van der Waals surface area contributed by atoms with E-state index in [0.29, 0.717) is 5.82 Å². The predicted molar refractivity (Wildman–Crippen MR) is 120 cm³/mol. The van der Waals surface area contributed by atoms with Crippen LogP contribution in [0.25, 0.3) is 39.0 Å². The van der Waals surface area contributed by atoms with Crippen LogP contribution in [0, 0.1) is 0 Å². The van der Waals surface area contributed by atoms with Crippen LogP contribution >= 0.6 is 0 Å². The molecule has 152 valence electrons. The lowest BCUT2D eigenvalue weighted by Gasteiger charge is -2.33. The molecule has 0 saturated carbocycles. The largest absolute Gasteiger partial charge is 0.352 e. The van der Waals surface area contributed by atoms with Crippen molar-refractivity contribution in [3.63, 3.8) is 0 Å². The molecule has 5 rings (SSSR count). The minimum Gasteiger partial charge on any atom is -0.352 e. The number of nitrogens with two attached hydrogens (primary N) is 1. The number of piperazine rings is 1. The summed E-state index contributed by atoms with van der Waals surface area (Å²) in [7, 11) is 2.14. The number of benzene rings is 1. The van der Waals surface area contributed by atoms with E-state index in [2.05, 4.69) is 48.7 Å². The van der Waals surface area contributed by atoms with Crippen molar-refractivity contribution in [1.29, 1.82) is 0 Å². The molecule has 0 bridgehead atoms. The second-order valence-corrected chi connectivity index (χ2v) is 7.54. The van der Waals surface area contributed by atoms with Crippen LogP contribution in [0.5, 0.6) is 0 Å². The summed E-state index contributed by atoms with van der Waals surface area (Å²) < 4.78 is 0. The Morgan fingerprint density at radius 2 is 2.03 bits per heavy atom. The highest BCUT2D eigenvalue weighted by atomic mass is 15.3. The molecular weight excluding hydrogens is 378 g/mol. The van der Waals surface area contributed by atoms with Crippen LogP contribution < -0.4 is 10.7 Å². The Balaban J connectivity index is 1.58. The van der Waals surface area contributed by atoms with Crippen LogP contribution in [0.4, 0.5) is 5.82 Å². The van der Waals surface area contributed by atoms with Gasteiger partial charge in [-0.15, -0.1) is 0 Å². The first-order valence-electron chi connectivity index (χ1n) is 9.83. The van der Waals surface area contributed by atoms with Crippen molar-refractivity contribution in [2.45, 2.75) is 0 Å². The van der Waals surface area contributed by atoms with Gasteiger partial charge in [-0.25, -0.2) is 9.97 Å². The number of anilines is 1. The van der Waals surface area contributed by atoms with Gasteiger partial charge in [0.05, 0.1) is 17.2 Å². The summed E-state index contributed by atoms with van der Waals surface area (Å²) in [5.41, 5.74) is 5.15. The van der Waals surface area contributed by atoms with Gasteiger partial charge in [0.15, 0.2) is 11.6 Å². The van der Waals surface area contributed by atoms with Gasteiger partial charge in [-0.2, -0.15) is 10.2 Å². The number of hydrogen-bond donors (Lipinski definition) is 3. The number of imidazole rings is 1. The number of hydrazone groups is 1. The van der Waals surface area contributed by atoms with Crippen LogP contribution in [0.1, 0.15) is 5.56 Å². The molecule has 0 spiro atoms. The van der Waals surface area contributed by atoms with Crippen molar-refractivity contribution in [2.75, 3.05) is 38.1 Å². The fraction of sp³-hybridized carbons (Fsp3) is 0.238. The number of aromatic nitrogens is 5. The second-order valence-electron chi connectivity index (χ2n) is 7.54. The third kappa shape index (κ3) is 3.09. The molecule has 3 aromatic heterocycles. The molecule has 1 aliphatic rings. The first kappa shape index (κ1) is 18.3. The number of nitrogens with zero attached hydrogens (tertiary/aromatic N) is 6. The molecule has 0 atom stereocenters. The Morgan fingerprint density at radius 1 is 1.20 bits per heavy atom. The molecule has 4 aromatic rings. The van der Waals surface area contributed by atoms with E-state index >= 15 is 0 Å². The number of hydrogen-bond acceptors (Lipinski definition) is 7. The van der Waals surface area contributed by atoms with Gasteiger partial charge in [0.25, 0.3) is 0 Å². The van der Waals surface area contributed by atoms with Crippen molar-refractivity contribution in [2.24, 2.45) is 10.9 Å². The molecule has 1 saturated heterocycles. The normalized spacial score (nSPS) is 15.6. The smallest absolute Gasteiger partial charge is 0.159 e. The average molecular weight is 401 g/mol. The lowest BCUT2D eigenvalue weighted by molar-refractivity contribution is 0.312. The molecule has 0 amide bonds. The van der Waals surface area contributed by atoms with Crippen LogP contribution in [0.15, 0.2) is 42.1 Å². The fourth-order valence-electron chi connectivity index (χ4n) is 3.84. The van der Waals surface area contributed by atoms with Gasteiger partial charge >= 0.3 is 0 Å². The highest BCUT2D eigenvalue weighted by Crippen LogP contribution is 2.30. The highest BCUT2D eigenvalue weighted by Gasteiger charge is 2.21. The lowest BCUT2D eigenvalue weighted by Crippen LogP contribution is -2.44. The number of allylic oxidation sites excluding steroid dienone is 1. The topological polar surface area (TPSA) is 115 Å². The number of aromatic amines is 2. The van der Waals surface area contributed by atoms with Gasteiger partial charge in [-0.1, -0.05) is 12.6 Å². The lowest BCUT2D eigenvalue weighted by atomic mass is 10.1. The zero-order chi connectivity index (χ0) is 20.7. The van der Waals surface area contributed by atoms with Gasteiger partial charge in [0.1, 0.15) is 11.2 Å². The van der Waals surface area contributed by atoms with E-state index < -0.39 is 0 Å². The Kier molecular flexibility index (Phi) is 4.44. The molecule has 30 heavy (non-hydrogen) atoms. The summed E-state index contributed by atoms with van der Waals surface area (Å²) in [5.74, 6) is 6.89. The minimum atomic E-state index is 0.704. The SMILES string of the molecule is C=C(/C=N\N)c1ccc2[nH]nc(-c3nc4c(N5CCN(C)CC5)nccc4[nH]3)c2c1. The Labute approximate surface area is 173 Å². The molecule has 0 radical (unpaired) electrons. The van der Waals surface area contributed by atoms with Gasteiger partial charge in [0, 0.05) is 37.8 Å². The molecule has 0 aliphatic carbocycles. The van der Waals surface area contributed by atoms with Gasteiger partial charge in [0.2, 0.25) is 0 Å². The third-order valence-electron chi connectivity index (χ3n) is 5.57. The number of nitrogens with one attached hydrogen (secondary N) is 2. The molecule has 4 N–H and O–H groups in total. The molecule has 0 unspecified atom stereocenters. The number of likely N-dealkylation sites (N-methyl/N-ethyl adjacent to an activating group) is 1. The van der Waals surface area contributed by atoms with Crippen LogP contribution in [-0.2, 0) is 0 Å². The molecule has 1 aliphatic heterocycles. The number of pyridine rings is 1. The van der Waals surface area contributed by atoms with Gasteiger partial charge < -0.3 is 20.6 Å². The maximum absolute atomic E-state index is 5.27. The van der Waals surface area contributed by atoms with E-state index in [1.165, 1.54) is 6.21 Å². The summed E-state index contributed by atoms with van der Waals surface area (Å²) in [6, 6.07) is 7.90. The molecule has 9 nitrogen and oxygen atoms in total. The van der Waals surface area contributed by atoms with Crippen LogP contribution in [-0.4, -0.2) is 69.5 Å². The Hall–Kier alpha value is -3.72. The highest BCUT2D eigenvalue weighted by molar-refractivity contribution is 6.10. The third-order valence-corrected chi connectivity index (χ3v) is 5.57. The van der Waals surface area contributed by atoms with Crippen molar-refractivity contribution >= 4 is 39.5 Å². The molecule has 4 heterocycles. The Bertz CT molecular complexity index is 1260. The van der Waals surface area contributed by atoms with Crippen molar-refractivity contribution in [3.05, 3.63) is 42.6 Å². The predicted octanol–water partition coefficient (Wildman–Crippen LogP) is 2.21. The molecule has 1 fully saturated rings. The van der Waals surface area contributed by atoms with Crippen LogP contribution in [0.3, 0.4) is 0 Å². The van der Waals surface area contributed by atoms with Gasteiger partial charge in [-0.05, 0) is 36.4 Å². The second kappa shape index (κ2) is 7.27. The summed E-state index contributed by atoms with van der Waals surface area (Å²) in [4.78, 5) is 17.5. The first-order valence-corrected chi connectivity index (χ1v) is 9.83. The molecule has 9 heteroatoms. The number of H-pyrrole nitrogens is 2. The zero-order valence-electron chi connectivity index (χ0n) is 16.8. The fourth-order valence-corrected chi connectivity index (χ4v) is 3.84. The van der Waals surface area contributed by atoms with E-state index in [4.69, 9.17) is 10.8 Å². The summed E-state index contributed by atoms with van der Waals surface area (Å²) >= 11 is 0. The van der Waals surface area contributed by atoms with E-state index in [0.717, 1.165) is 70.8 Å². The van der Waals surface area contributed by atoms with Crippen molar-refractivity contribution in [1.82, 2.24) is 30.0 Å². The molecular formula is C21H23N9. The molecule has 1 aromatic carbocycles. The van der Waals surface area contributed by atoms with Crippen molar-refractivity contribution in [3.8, 4) is 11.5 Å². The van der Waals surface area contributed by atoms with Gasteiger partial charge in [-0.3, -0.25) is 5.10 Å². The zero-order valence-corrected chi connectivity index (χ0v) is 16.8.